The van der Waals surface area contributed by atoms with E-state index in [1.165, 1.54) is 0 Å². The molecule has 3 rings (SSSR count). The van der Waals surface area contributed by atoms with Crippen LogP contribution < -0.4 is 0 Å². The van der Waals surface area contributed by atoms with Gasteiger partial charge in [-0.15, -0.1) is 0 Å². The Morgan fingerprint density at radius 2 is 2.15 bits per heavy atom. The van der Waals surface area contributed by atoms with Gasteiger partial charge in [-0.3, -0.25) is 4.79 Å². The van der Waals surface area contributed by atoms with Crippen LogP contribution in [-0.4, -0.2) is 22.5 Å². The molecule has 0 radical (unpaired) electrons. The molecular formula is C15H15ClN2O2. The summed E-state index contributed by atoms with van der Waals surface area (Å²) in [7, 11) is 0. The van der Waals surface area contributed by atoms with Crippen LogP contribution in [0.4, 0.5) is 0 Å². The van der Waals surface area contributed by atoms with Crippen molar-refractivity contribution in [3.05, 3.63) is 52.4 Å². The quantitative estimate of drug-likeness (QED) is 0.849. The minimum Gasteiger partial charge on any atom is -0.351 e. The minimum atomic E-state index is -0.0944. The Kier molecular flexibility index (Phi) is 3.49. The van der Waals surface area contributed by atoms with E-state index in [-0.39, 0.29) is 11.9 Å². The first-order valence-electron chi connectivity index (χ1n) is 6.65. The van der Waals surface area contributed by atoms with Gasteiger partial charge in [-0.25, -0.2) is 0 Å². The Morgan fingerprint density at radius 3 is 2.80 bits per heavy atom. The van der Waals surface area contributed by atoms with Crippen molar-refractivity contribution < 1.29 is 9.32 Å². The van der Waals surface area contributed by atoms with Gasteiger partial charge in [0.15, 0.2) is 0 Å². The second-order valence-corrected chi connectivity index (χ2v) is 5.48. The lowest BCUT2D eigenvalue weighted by Gasteiger charge is -2.24. The van der Waals surface area contributed by atoms with E-state index in [0.29, 0.717) is 10.8 Å². The highest BCUT2D eigenvalue weighted by Gasteiger charge is 2.32. The lowest BCUT2D eigenvalue weighted by molar-refractivity contribution is 0.0693. The molecule has 1 fully saturated rings. The normalized spacial score (nSPS) is 18.5. The smallest absolute Gasteiger partial charge is 0.292 e. The summed E-state index contributed by atoms with van der Waals surface area (Å²) in [6.45, 7) is 2.55. The van der Waals surface area contributed by atoms with Gasteiger partial charge in [0, 0.05) is 17.6 Å². The number of halogens is 1. The zero-order chi connectivity index (χ0) is 14.1. The molecule has 0 saturated carbocycles. The molecular weight excluding hydrogens is 276 g/mol. The van der Waals surface area contributed by atoms with Crippen LogP contribution in [0.1, 0.15) is 40.7 Å². The van der Waals surface area contributed by atoms with Crippen LogP contribution in [0.25, 0.3) is 0 Å². The molecule has 5 heteroatoms. The minimum absolute atomic E-state index is 0.0881. The van der Waals surface area contributed by atoms with Crippen LogP contribution in [-0.2, 0) is 0 Å². The molecule has 0 bridgehead atoms. The molecule has 20 heavy (non-hydrogen) atoms. The number of amides is 1. The van der Waals surface area contributed by atoms with Crippen molar-refractivity contribution in [2.45, 2.75) is 25.8 Å². The number of rotatable bonds is 2. The molecule has 1 aliphatic rings. The van der Waals surface area contributed by atoms with Crippen molar-refractivity contribution >= 4 is 17.5 Å². The van der Waals surface area contributed by atoms with Crippen LogP contribution >= 0.6 is 11.6 Å². The van der Waals surface area contributed by atoms with E-state index < -0.39 is 0 Å². The Balaban J connectivity index is 1.85. The molecule has 1 amide bonds. The molecule has 0 aliphatic carbocycles. The topological polar surface area (TPSA) is 46.3 Å². The summed E-state index contributed by atoms with van der Waals surface area (Å²) in [6, 6.07) is 9.44. The standard InChI is InChI=1S/C15H15ClN2O2/c1-10-9-14(20-17-10)15(19)18-8-2-3-13(18)11-4-6-12(16)7-5-11/h4-7,9,13H,2-3,8H2,1H3. The van der Waals surface area contributed by atoms with Crippen LogP contribution in [0.5, 0.6) is 0 Å². The first kappa shape index (κ1) is 13.2. The highest BCUT2D eigenvalue weighted by molar-refractivity contribution is 6.30. The third kappa shape index (κ3) is 2.43. The van der Waals surface area contributed by atoms with Crippen LogP contribution in [0.15, 0.2) is 34.9 Å². The molecule has 1 aromatic carbocycles. The number of hydrogen-bond donors (Lipinski definition) is 0. The maximum atomic E-state index is 12.5. The van der Waals surface area contributed by atoms with Gasteiger partial charge in [0.1, 0.15) is 0 Å². The molecule has 104 valence electrons. The van der Waals surface area contributed by atoms with Gasteiger partial charge in [0.2, 0.25) is 5.76 Å². The summed E-state index contributed by atoms with van der Waals surface area (Å²) in [5.74, 6) is 0.214. The lowest BCUT2D eigenvalue weighted by Crippen LogP contribution is -2.30. The van der Waals surface area contributed by atoms with Gasteiger partial charge in [-0.2, -0.15) is 0 Å². The van der Waals surface area contributed by atoms with Crippen molar-refractivity contribution in [2.24, 2.45) is 0 Å². The molecule has 4 nitrogen and oxygen atoms in total. The summed E-state index contributed by atoms with van der Waals surface area (Å²) >= 11 is 5.91. The SMILES string of the molecule is Cc1cc(C(=O)N2CCCC2c2ccc(Cl)cc2)on1. The molecule has 1 aromatic heterocycles. The number of nitrogens with zero attached hydrogens (tertiary/aromatic N) is 2. The number of hydrogen-bond acceptors (Lipinski definition) is 3. The Bertz CT molecular complexity index is 621. The zero-order valence-corrected chi connectivity index (χ0v) is 11.9. The monoisotopic (exact) mass is 290 g/mol. The summed E-state index contributed by atoms with van der Waals surface area (Å²) in [5.41, 5.74) is 1.83. The van der Waals surface area contributed by atoms with Crippen molar-refractivity contribution in [3.8, 4) is 0 Å². The van der Waals surface area contributed by atoms with E-state index >= 15 is 0 Å². The van der Waals surface area contributed by atoms with Crippen LogP contribution in [0.2, 0.25) is 5.02 Å². The van der Waals surface area contributed by atoms with Gasteiger partial charge >= 0.3 is 0 Å². The van der Waals surface area contributed by atoms with Crippen LogP contribution in [0.3, 0.4) is 0 Å². The van der Waals surface area contributed by atoms with Crippen molar-refractivity contribution in [1.29, 1.82) is 0 Å². The fourth-order valence-electron chi connectivity index (χ4n) is 2.65. The number of benzene rings is 1. The average Bonchev–Trinajstić information content (AvgIpc) is 3.07. The van der Waals surface area contributed by atoms with E-state index in [0.717, 1.165) is 30.6 Å². The van der Waals surface area contributed by atoms with Crippen molar-refractivity contribution in [2.75, 3.05) is 6.54 Å². The van der Waals surface area contributed by atoms with Crippen molar-refractivity contribution in [3.63, 3.8) is 0 Å². The molecule has 1 atom stereocenters. The molecule has 1 unspecified atom stereocenters. The van der Waals surface area contributed by atoms with E-state index in [1.807, 2.05) is 29.2 Å². The molecule has 0 spiro atoms. The first-order chi connectivity index (χ1) is 9.65. The number of aromatic nitrogens is 1. The predicted octanol–water partition coefficient (Wildman–Crippen LogP) is 3.61. The molecule has 2 aromatic rings. The lowest BCUT2D eigenvalue weighted by atomic mass is 10.0. The van der Waals surface area contributed by atoms with Gasteiger partial charge in [-0.05, 0) is 37.5 Å². The summed E-state index contributed by atoms with van der Waals surface area (Å²) in [6.07, 6.45) is 1.95. The Morgan fingerprint density at radius 1 is 1.40 bits per heavy atom. The van der Waals surface area contributed by atoms with Crippen LogP contribution in [0, 0.1) is 6.92 Å². The molecule has 1 aliphatic heterocycles. The van der Waals surface area contributed by atoms with Gasteiger partial charge < -0.3 is 9.42 Å². The number of carbonyl (C=O) groups excluding carboxylic acids is 1. The highest BCUT2D eigenvalue weighted by Crippen LogP contribution is 2.33. The largest absolute Gasteiger partial charge is 0.351 e. The second-order valence-electron chi connectivity index (χ2n) is 5.04. The maximum absolute atomic E-state index is 12.5. The summed E-state index contributed by atoms with van der Waals surface area (Å²) < 4.78 is 5.08. The average molecular weight is 291 g/mol. The summed E-state index contributed by atoms with van der Waals surface area (Å²) in [4.78, 5) is 14.3. The molecule has 1 saturated heterocycles. The van der Waals surface area contributed by atoms with Gasteiger partial charge in [-0.1, -0.05) is 28.9 Å². The fourth-order valence-corrected chi connectivity index (χ4v) is 2.77. The fraction of sp³-hybridized carbons (Fsp3) is 0.333. The Labute approximate surface area is 122 Å². The van der Waals surface area contributed by atoms with E-state index in [9.17, 15) is 4.79 Å². The third-order valence-corrected chi connectivity index (χ3v) is 3.86. The number of aryl methyl sites for hydroxylation is 1. The van der Waals surface area contributed by atoms with E-state index in [1.54, 1.807) is 13.0 Å². The Hall–Kier alpha value is -1.81. The summed E-state index contributed by atoms with van der Waals surface area (Å²) in [5, 5.41) is 4.48. The third-order valence-electron chi connectivity index (χ3n) is 3.61. The first-order valence-corrected chi connectivity index (χ1v) is 7.03. The maximum Gasteiger partial charge on any atom is 0.292 e. The van der Waals surface area contributed by atoms with E-state index in [4.69, 9.17) is 16.1 Å². The highest BCUT2D eigenvalue weighted by atomic mass is 35.5. The van der Waals surface area contributed by atoms with Crippen molar-refractivity contribution in [1.82, 2.24) is 10.1 Å². The number of carbonyl (C=O) groups is 1. The molecule has 2 heterocycles. The zero-order valence-electron chi connectivity index (χ0n) is 11.2. The van der Waals surface area contributed by atoms with E-state index in [2.05, 4.69) is 5.16 Å². The number of likely N-dealkylation sites (tertiary alicyclic amines) is 1. The second kappa shape index (κ2) is 5.29. The van der Waals surface area contributed by atoms with Gasteiger partial charge in [0.25, 0.3) is 5.91 Å². The molecule has 0 N–H and O–H groups in total. The van der Waals surface area contributed by atoms with Gasteiger partial charge in [0.05, 0.1) is 11.7 Å². The predicted molar refractivity (Wildman–Crippen MR) is 75.7 cm³/mol.